The van der Waals surface area contributed by atoms with Crippen LogP contribution >= 0.6 is 0 Å². The molecule has 1 saturated heterocycles. The largest absolute Gasteiger partial charge is 0.375 e. The molecule has 0 bridgehead atoms. The van der Waals surface area contributed by atoms with Gasteiger partial charge in [-0.25, -0.2) is 13.8 Å². The van der Waals surface area contributed by atoms with Crippen LogP contribution in [0, 0.1) is 6.92 Å². The highest BCUT2D eigenvalue weighted by Gasteiger charge is 2.23. The molecule has 1 aromatic heterocycles. The minimum atomic E-state index is -0.964. The highest BCUT2D eigenvalue weighted by molar-refractivity contribution is 5.83. The molecule has 1 aromatic rings. The average Bonchev–Trinajstić information content (AvgIpc) is 3.29. The number of ketones is 1. The summed E-state index contributed by atoms with van der Waals surface area (Å²) in [6, 6.07) is 0.335. The number of halogens is 2. The quantitative estimate of drug-likeness (QED) is 0.409. The Balaban J connectivity index is 1.42. The summed E-state index contributed by atoms with van der Waals surface area (Å²) in [6.45, 7) is 10.5. The predicted molar refractivity (Wildman–Crippen MR) is 154 cm³/mol. The molecule has 0 saturated carbocycles. The third-order valence-corrected chi connectivity index (χ3v) is 6.85. The summed E-state index contributed by atoms with van der Waals surface area (Å²) < 4.78 is 30.0. The molecular weight excluding hydrogens is 514 g/mol. The standard InChI is InChI=1S/C29H40F2N8O/c1-4-13-37-14-11-23(19-37)36-28-29(32-5-2)38(16-21(3)35-28)17-22-10-12-34-39(18-22)20-24(40)15-33-26-9-7-6-8-25(30)27(26)31/h6-7,9,12,16,18,23,33H,4-5,8,10-11,13-15,17,19-20H2,1-3H3,(H,35,36)/t23-/m1/s1. The number of carbonyl (C=O) groups is 1. The van der Waals surface area contributed by atoms with Gasteiger partial charge in [-0.1, -0.05) is 19.1 Å². The van der Waals surface area contributed by atoms with E-state index < -0.39 is 11.7 Å². The van der Waals surface area contributed by atoms with E-state index in [1.165, 1.54) is 12.2 Å². The Morgan fingerprint density at radius 2 is 2.10 bits per heavy atom. The van der Waals surface area contributed by atoms with Gasteiger partial charge in [-0.3, -0.25) is 14.8 Å². The maximum Gasteiger partial charge on any atom is 0.177 e. The SMILES string of the molecule is CCCN1CC[C@@H](Nc2nc(C)cn(CC3=CN(CC(=O)CNC4=CC=CCC(F)=C4F)N=CC3)c2=NCC)C1. The van der Waals surface area contributed by atoms with Crippen LogP contribution in [0.25, 0.3) is 0 Å². The fraction of sp³-hybridized carbons (Fsp3) is 0.517. The topological polar surface area (TPSA) is 90.2 Å². The zero-order valence-corrected chi connectivity index (χ0v) is 23.7. The van der Waals surface area contributed by atoms with E-state index in [2.05, 4.69) is 32.1 Å². The lowest BCUT2D eigenvalue weighted by molar-refractivity contribution is -0.118. The van der Waals surface area contributed by atoms with Gasteiger partial charge in [-0.15, -0.1) is 0 Å². The summed E-state index contributed by atoms with van der Waals surface area (Å²) in [6.07, 6.45) is 12.9. The summed E-state index contributed by atoms with van der Waals surface area (Å²) in [4.78, 5) is 24.7. The molecule has 0 spiro atoms. The first-order valence-electron chi connectivity index (χ1n) is 14.1. The zero-order chi connectivity index (χ0) is 28.5. The Kier molecular flexibility index (Phi) is 10.4. The molecule has 11 heteroatoms. The van der Waals surface area contributed by atoms with Gasteiger partial charge in [-0.05, 0) is 44.9 Å². The fourth-order valence-corrected chi connectivity index (χ4v) is 5.06. The first-order chi connectivity index (χ1) is 19.4. The Morgan fingerprint density at radius 1 is 1.25 bits per heavy atom. The smallest absolute Gasteiger partial charge is 0.177 e. The Morgan fingerprint density at radius 3 is 2.90 bits per heavy atom. The molecule has 1 aliphatic carbocycles. The number of allylic oxidation sites excluding steroid dienone is 6. The van der Waals surface area contributed by atoms with Crippen LogP contribution in [0.4, 0.5) is 14.6 Å². The van der Waals surface area contributed by atoms with Gasteiger partial charge in [0.1, 0.15) is 12.4 Å². The summed E-state index contributed by atoms with van der Waals surface area (Å²) in [5.74, 6) is -1.22. The van der Waals surface area contributed by atoms with Crippen molar-refractivity contribution in [2.45, 2.75) is 59.0 Å². The molecule has 2 aliphatic heterocycles. The number of rotatable bonds is 12. The second-order valence-electron chi connectivity index (χ2n) is 10.3. The summed E-state index contributed by atoms with van der Waals surface area (Å²) in [5, 5.41) is 12.3. The molecule has 0 aromatic carbocycles. The molecule has 1 atom stereocenters. The van der Waals surface area contributed by atoms with Gasteiger partial charge >= 0.3 is 0 Å². The first kappa shape index (κ1) is 29.4. The molecule has 0 radical (unpaired) electrons. The normalized spacial score (nSPS) is 20.1. The Labute approximate surface area is 234 Å². The van der Waals surface area contributed by atoms with Gasteiger partial charge in [0.2, 0.25) is 0 Å². The summed E-state index contributed by atoms with van der Waals surface area (Å²) in [7, 11) is 0. The summed E-state index contributed by atoms with van der Waals surface area (Å²) in [5.41, 5.74) is 2.73. The van der Waals surface area contributed by atoms with Crippen molar-refractivity contribution in [1.29, 1.82) is 0 Å². The van der Waals surface area contributed by atoms with Gasteiger partial charge in [0.15, 0.2) is 22.9 Å². The first-order valence-corrected chi connectivity index (χ1v) is 14.1. The molecular formula is C29H40F2N8O. The lowest BCUT2D eigenvalue weighted by Gasteiger charge is -2.22. The number of hydrogen-bond acceptors (Lipinski definition) is 8. The predicted octanol–water partition coefficient (Wildman–Crippen LogP) is 3.74. The minimum Gasteiger partial charge on any atom is -0.375 e. The molecule has 0 unspecified atom stereocenters. The number of Topliss-reactive ketones (excluding diaryl/α,β-unsaturated/α-hetero) is 1. The molecule has 2 N–H and O–H groups in total. The Bertz CT molecular complexity index is 1290. The van der Waals surface area contributed by atoms with Crippen molar-refractivity contribution in [1.82, 2.24) is 24.8 Å². The molecule has 216 valence electrons. The number of nitrogens with zero attached hydrogens (tertiary/aromatic N) is 6. The third-order valence-electron chi connectivity index (χ3n) is 6.85. The lowest BCUT2D eigenvalue weighted by atomic mass is 10.2. The highest BCUT2D eigenvalue weighted by Crippen LogP contribution is 2.21. The fourth-order valence-electron chi connectivity index (χ4n) is 5.06. The van der Waals surface area contributed by atoms with Gasteiger partial charge in [0.05, 0.1) is 17.9 Å². The monoisotopic (exact) mass is 554 g/mol. The number of nitrogens with one attached hydrogen (secondary N) is 2. The maximum absolute atomic E-state index is 14.1. The second-order valence-corrected chi connectivity index (χ2v) is 10.3. The average molecular weight is 555 g/mol. The molecule has 9 nitrogen and oxygen atoms in total. The van der Waals surface area contributed by atoms with E-state index in [0.29, 0.717) is 25.6 Å². The van der Waals surface area contributed by atoms with Crippen LogP contribution in [0.1, 0.15) is 45.2 Å². The van der Waals surface area contributed by atoms with Crippen LogP contribution in [-0.2, 0) is 11.3 Å². The van der Waals surface area contributed by atoms with Crippen LogP contribution in [0.2, 0.25) is 0 Å². The van der Waals surface area contributed by atoms with Crippen LogP contribution < -0.4 is 16.1 Å². The second kappa shape index (κ2) is 14.2. The van der Waals surface area contributed by atoms with E-state index in [4.69, 9.17) is 9.98 Å². The van der Waals surface area contributed by atoms with Crippen LogP contribution in [0.5, 0.6) is 0 Å². The van der Waals surface area contributed by atoms with Crippen molar-refractivity contribution in [3.8, 4) is 0 Å². The Hall–Kier alpha value is -3.60. The van der Waals surface area contributed by atoms with Crippen LogP contribution in [-0.4, -0.2) is 76.8 Å². The number of anilines is 1. The van der Waals surface area contributed by atoms with E-state index >= 15 is 0 Å². The van der Waals surface area contributed by atoms with E-state index in [-0.39, 0.29) is 31.0 Å². The van der Waals surface area contributed by atoms with Crippen molar-refractivity contribution in [2.75, 3.05) is 44.6 Å². The van der Waals surface area contributed by atoms with Gasteiger partial charge < -0.3 is 20.1 Å². The van der Waals surface area contributed by atoms with Crippen molar-refractivity contribution in [3.05, 3.63) is 64.7 Å². The summed E-state index contributed by atoms with van der Waals surface area (Å²) >= 11 is 0. The van der Waals surface area contributed by atoms with E-state index in [1.807, 2.05) is 26.2 Å². The van der Waals surface area contributed by atoms with Crippen molar-refractivity contribution in [2.24, 2.45) is 10.1 Å². The number of hydrogen-bond donors (Lipinski definition) is 2. The van der Waals surface area contributed by atoms with Crippen molar-refractivity contribution in [3.63, 3.8) is 0 Å². The zero-order valence-electron chi connectivity index (χ0n) is 23.7. The molecule has 4 rings (SSSR count). The van der Waals surface area contributed by atoms with Crippen molar-refractivity contribution >= 4 is 17.8 Å². The molecule has 1 fully saturated rings. The van der Waals surface area contributed by atoms with Crippen LogP contribution in [0.3, 0.4) is 0 Å². The maximum atomic E-state index is 14.1. The highest BCUT2D eigenvalue weighted by atomic mass is 19.2. The number of aryl methyl sites for hydroxylation is 1. The van der Waals surface area contributed by atoms with Gasteiger partial charge in [-0.2, -0.15) is 5.10 Å². The van der Waals surface area contributed by atoms with Gasteiger partial charge in [0, 0.05) is 63.7 Å². The number of carbonyl (C=O) groups excluding carboxylic acids is 1. The van der Waals surface area contributed by atoms with E-state index in [0.717, 1.165) is 55.0 Å². The number of likely N-dealkylation sites (tertiary alicyclic amines) is 1. The molecule has 3 heterocycles. The van der Waals surface area contributed by atoms with E-state index in [1.54, 1.807) is 17.3 Å². The van der Waals surface area contributed by atoms with E-state index in [9.17, 15) is 13.6 Å². The molecule has 40 heavy (non-hydrogen) atoms. The minimum absolute atomic E-state index is 0.0128. The molecule has 3 aliphatic rings. The van der Waals surface area contributed by atoms with Crippen molar-refractivity contribution < 1.29 is 13.6 Å². The van der Waals surface area contributed by atoms with Crippen LogP contribution in [0.15, 0.2) is 63.6 Å². The lowest BCUT2D eigenvalue weighted by Crippen LogP contribution is -2.34. The van der Waals surface area contributed by atoms with Gasteiger partial charge in [0.25, 0.3) is 0 Å². The third kappa shape index (κ3) is 7.97. The number of hydrazone groups is 1. The molecule has 0 amide bonds. The number of aromatic nitrogens is 2.